The smallest absolute Gasteiger partial charge is 0.306 e. The normalized spacial score (nSPS) is 27.0. The minimum absolute atomic E-state index is 0.119. The van der Waals surface area contributed by atoms with Gasteiger partial charge in [0.1, 0.15) is 55.4 Å². The van der Waals surface area contributed by atoms with Gasteiger partial charge in [0.25, 0.3) is 0 Å². The van der Waals surface area contributed by atoms with Crippen LogP contribution in [0, 0.1) is 0 Å². The molecule has 2 aliphatic rings. The molecule has 15 nitrogen and oxygen atoms in total. The zero-order chi connectivity index (χ0) is 46.8. The number of hydrogen-bond acceptors (Lipinski definition) is 15. The molecule has 11 atom stereocenters. The highest BCUT2D eigenvalue weighted by Crippen LogP contribution is 2.26. The lowest BCUT2D eigenvalue weighted by Gasteiger charge is -2.42. The van der Waals surface area contributed by atoms with Crippen molar-refractivity contribution in [2.75, 3.05) is 26.4 Å². The highest BCUT2D eigenvalue weighted by Gasteiger charge is 2.47. The second kappa shape index (κ2) is 36.6. The van der Waals surface area contributed by atoms with Crippen LogP contribution in [-0.4, -0.2) is 142 Å². The van der Waals surface area contributed by atoms with Crippen LogP contribution in [0.4, 0.5) is 0 Å². The largest absolute Gasteiger partial charge is 0.462 e. The van der Waals surface area contributed by atoms with Gasteiger partial charge >= 0.3 is 11.9 Å². The second-order valence-corrected chi connectivity index (χ2v) is 17.0. The molecule has 0 aromatic rings. The molecular weight excluding hydrogens is 829 g/mol. The average Bonchev–Trinajstić information content (AvgIpc) is 3.29. The number of carbonyl (C=O) groups excluding carboxylic acids is 2. The molecule has 0 aromatic carbocycles. The van der Waals surface area contributed by atoms with Crippen LogP contribution >= 0.6 is 0 Å². The van der Waals surface area contributed by atoms with Gasteiger partial charge in [-0.1, -0.05) is 159 Å². The molecule has 0 spiro atoms. The molecule has 370 valence electrons. The van der Waals surface area contributed by atoms with Gasteiger partial charge in [-0.05, 0) is 32.1 Å². The number of unbranched alkanes of at least 4 members (excludes halogenated alkanes) is 17. The monoisotopic (exact) mass is 913 g/mol. The Balaban J connectivity index is 1.84. The third-order valence-electron chi connectivity index (χ3n) is 11.4. The molecule has 0 amide bonds. The van der Waals surface area contributed by atoms with Crippen LogP contribution < -0.4 is 0 Å². The van der Waals surface area contributed by atoms with Crippen molar-refractivity contribution in [3.63, 3.8) is 0 Å². The van der Waals surface area contributed by atoms with Gasteiger partial charge in [0.2, 0.25) is 0 Å². The summed E-state index contributed by atoms with van der Waals surface area (Å²) >= 11 is 0. The Morgan fingerprint density at radius 3 is 1.55 bits per heavy atom. The third-order valence-corrected chi connectivity index (χ3v) is 11.4. The zero-order valence-corrected chi connectivity index (χ0v) is 38.8. The van der Waals surface area contributed by atoms with Gasteiger partial charge in [-0.15, -0.1) is 0 Å². The Morgan fingerprint density at radius 2 is 0.984 bits per heavy atom. The van der Waals surface area contributed by atoms with Crippen molar-refractivity contribution in [3.8, 4) is 0 Å². The summed E-state index contributed by atoms with van der Waals surface area (Å²) < 4.78 is 33.5. The Kier molecular flexibility index (Phi) is 32.9. The topological polar surface area (TPSA) is 231 Å². The minimum atomic E-state index is -1.77. The molecule has 64 heavy (non-hydrogen) atoms. The maximum absolute atomic E-state index is 12.9. The van der Waals surface area contributed by atoms with E-state index in [0.717, 1.165) is 44.9 Å². The molecule has 2 fully saturated rings. The van der Waals surface area contributed by atoms with Gasteiger partial charge < -0.3 is 64.2 Å². The Hall–Kier alpha value is -2.54. The van der Waals surface area contributed by atoms with Crippen LogP contribution in [0.1, 0.15) is 155 Å². The summed E-state index contributed by atoms with van der Waals surface area (Å²) in [7, 11) is 0. The average molecular weight is 913 g/mol. The first-order valence-electron chi connectivity index (χ1n) is 24.3. The lowest BCUT2D eigenvalue weighted by atomic mass is 9.98. The predicted molar refractivity (Wildman–Crippen MR) is 243 cm³/mol. The number of carbonyl (C=O) groups is 2. The van der Waals surface area contributed by atoms with E-state index in [2.05, 4.69) is 26.0 Å². The maximum atomic E-state index is 12.9. The first-order chi connectivity index (χ1) is 31.0. The van der Waals surface area contributed by atoms with Gasteiger partial charge in [0, 0.05) is 12.8 Å². The van der Waals surface area contributed by atoms with E-state index in [-0.39, 0.29) is 19.4 Å². The molecule has 5 unspecified atom stereocenters. The minimum Gasteiger partial charge on any atom is -0.462 e. The number of hydrogen-bond donors (Lipinski definition) is 7. The third kappa shape index (κ3) is 24.8. The lowest BCUT2D eigenvalue weighted by molar-refractivity contribution is -0.332. The van der Waals surface area contributed by atoms with Crippen molar-refractivity contribution in [1.29, 1.82) is 0 Å². The quantitative estimate of drug-likeness (QED) is 0.0220. The van der Waals surface area contributed by atoms with E-state index in [4.69, 9.17) is 28.4 Å². The van der Waals surface area contributed by atoms with Crippen LogP contribution in [0.5, 0.6) is 0 Å². The Labute approximate surface area is 382 Å². The molecule has 0 radical (unpaired) electrons. The van der Waals surface area contributed by atoms with Gasteiger partial charge in [-0.25, -0.2) is 0 Å². The SMILES string of the molecule is CC/C=C/C=C/C=C/C=C/CCCCCC(=O)OC(COC(=O)CCCCCCCCCCCCCCCCC)CO[C@@H]1O[C@H](CO[C@@H]2O[C@H](CO)[C@H](O)C(O)C2O)[C@H](O)C(O)C1O. The van der Waals surface area contributed by atoms with Gasteiger partial charge in [-0.3, -0.25) is 9.59 Å². The Morgan fingerprint density at radius 1 is 0.516 bits per heavy atom. The predicted octanol–water partition coefficient (Wildman–Crippen LogP) is 5.93. The summed E-state index contributed by atoms with van der Waals surface area (Å²) in [5.74, 6) is -0.971. The molecule has 0 aromatic heterocycles. The number of aliphatic hydroxyl groups excluding tert-OH is 7. The molecule has 0 bridgehead atoms. The van der Waals surface area contributed by atoms with Crippen LogP contribution in [0.3, 0.4) is 0 Å². The fourth-order valence-electron chi connectivity index (χ4n) is 7.40. The molecular formula is C49H84O15. The zero-order valence-electron chi connectivity index (χ0n) is 38.8. The van der Waals surface area contributed by atoms with E-state index in [1.165, 1.54) is 70.6 Å². The van der Waals surface area contributed by atoms with Crippen molar-refractivity contribution >= 4 is 11.9 Å². The summed E-state index contributed by atoms with van der Waals surface area (Å²) in [6, 6.07) is 0. The molecule has 15 heteroatoms. The summed E-state index contributed by atoms with van der Waals surface area (Å²) in [4.78, 5) is 25.7. The van der Waals surface area contributed by atoms with Crippen molar-refractivity contribution < 1.29 is 73.8 Å². The van der Waals surface area contributed by atoms with Crippen molar-refractivity contribution in [3.05, 3.63) is 48.6 Å². The lowest BCUT2D eigenvalue weighted by Crippen LogP contribution is -2.61. The first kappa shape index (κ1) is 57.6. The highest BCUT2D eigenvalue weighted by atomic mass is 16.7. The molecule has 0 aliphatic carbocycles. The maximum Gasteiger partial charge on any atom is 0.306 e. The number of aliphatic hydroxyl groups is 7. The van der Waals surface area contributed by atoms with Crippen LogP contribution in [0.2, 0.25) is 0 Å². The van der Waals surface area contributed by atoms with Crippen LogP contribution in [0.25, 0.3) is 0 Å². The number of esters is 2. The van der Waals surface area contributed by atoms with E-state index in [0.29, 0.717) is 12.8 Å². The fraction of sp³-hybridized carbons (Fsp3) is 0.796. The van der Waals surface area contributed by atoms with E-state index in [1.807, 2.05) is 36.5 Å². The van der Waals surface area contributed by atoms with E-state index >= 15 is 0 Å². The molecule has 2 aliphatic heterocycles. The molecule has 2 saturated heterocycles. The highest BCUT2D eigenvalue weighted by molar-refractivity contribution is 5.70. The second-order valence-electron chi connectivity index (χ2n) is 17.0. The van der Waals surface area contributed by atoms with Crippen LogP contribution in [0.15, 0.2) is 48.6 Å². The summed E-state index contributed by atoms with van der Waals surface area (Å²) in [5.41, 5.74) is 0. The molecule has 2 rings (SSSR count). The van der Waals surface area contributed by atoms with Gasteiger partial charge in [0.15, 0.2) is 18.7 Å². The van der Waals surface area contributed by atoms with Gasteiger partial charge in [0.05, 0.1) is 19.8 Å². The number of ether oxygens (including phenoxy) is 6. The number of rotatable bonds is 36. The van der Waals surface area contributed by atoms with Crippen molar-refractivity contribution in [2.24, 2.45) is 0 Å². The Bertz CT molecular complexity index is 1300. The summed E-state index contributed by atoms with van der Waals surface area (Å²) in [6.07, 6.45) is 21.5. The fourth-order valence-corrected chi connectivity index (χ4v) is 7.40. The number of allylic oxidation sites excluding steroid dienone is 8. The van der Waals surface area contributed by atoms with Crippen LogP contribution in [-0.2, 0) is 38.0 Å². The van der Waals surface area contributed by atoms with E-state index in [9.17, 15) is 45.3 Å². The van der Waals surface area contributed by atoms with E-state index in [1.54, 1.807) is 0 Å². The van der Waals surface area contributed by atoms with E-state index < -0.39 is 99.3 Å². The van der Waals surface area contributed by atoms with Crippen molar-refractivity contribution in [1.82, 2.24) is 0 Å². The first-order valence-corrected chi connectivity index (χ1v) is 24.3. The standard InChI is InChI=1S/C49H84O15/c1-3-5-7-9-11-13-15-17-18-20-21-23-25-27-29-31-40(51)59-34-37(62-41(52)32-30-28-26-24-22-19-16-14-12-10-8-6-4-2)35-60-48-47(58)45(56)43(54)39(64-48)36-61-49-46(57)44(55)42(53)38(33-50)63-49/h6,8,10,12,14,16,19,22,37-39,42-50,53-58H,3-5,7,9,11,13,15,17-18,20-21,23-36H2,1-2H3/b8-6+,12-10+,16-14+,22-19+/t37?,38-,39-,42+,43+,44?,45?,46?,47?,48-,49-/m1/s1. The molecule has 2 heterocycles. The summed E-state index contributed by atoms with van der Waals surface area (Å²) in [5, 5.41) is 71.9. The molecule has 7 N–H and O–H groups in total. The summed E-state index contributed by atoms with van der Waals surface area (Å²) in [6.45, 7) is 2.39. The molecule has 0 saturated carbocycles. The van der Waals surface area contributed by atoms with Gasteiger partial charge in [-0.2, -0.15) is 0 Å². The van der Waals surface area contributed by atoms with Crippen molar-refractivity contribution in [2.45, 2.75) is 223 Å².